The van der Waals surface area contributed by atoms with Crippen molar-refractivity contribution in [3.8, 4) is 5.75 Å². The van der Waals surface area contributed by atoms with Gasteiger partial charge in [0.15, 0.2) is 0 Å². The molecule has 0 unspecified atom stereocenters. The van der Waals surface area contributed by atoms with Crippen molar-refractivity contribution in [2.24, 2.45) is 0 Å². The predicted octanol–water partition coefficient (Wildman–Crippen LogP) is 1.69. The Bertz CT molecular complexity index is 397. The molecule has 4 heteroatoms. The second-order valence-electron chi connectivity index (χ2n) is 4.13. The summed E-state index contributed by atoms with van der Waals surface area (Å²) in [5.74, 6) is -0.778. The van der Waals surface area contributed by atoms with Crippen molar-refractivity contribution in [3.05, 3.63) is 29.3 Å². The smallest absolute Gasteiger partial charge is 0.335 e. The molecule has 1 aliphatic rings. The summed E-state index contributed by atoms with van der Waals surface area (Å²) in [7, 11) is 0. The largest absolute Gasteiger partial charge is 0.508 e. The molecule has 0 atom stereocenters. The minimum atomic E-state index is -0.956. The van der Waals surface area contributed by atoms with Crippen LogP contribution in [0, 0.1) is 0 Å². The number of carboxylic acids is 1. The third kappa shape index (κ3) is 2.33. The van der Waals surface area contributed by atoms with Crippen LogP contribution in [0.15, 0.2) is 18.2 Å². The van der Waals surface area contributed by atoms with E-state index in [1.54, 1.807) is 6.07 Å². The molecule has 4 nitrogen and oxygen atoms in total. The minimum absolute atomic E-state index is 0.178. The van der Waals surface area contributed by atoms with Gasteiger partial charge in [-0.25, -0.2) is 4.79 Å². The number of carbonyl (C=O) groups is 1. The zero-order valence-electron chi connectivity index (χ0n) is 9.02. The molecule has 16 heavy (non-hydrogen) atoms. The average Bonchev–Trinajstić information content (AvgIpc) is 2.73. The van der Waals surface area contributed by atoms with Gasteiger partial charge < -0.3 is 10.2 Å². The first-order valence-corrected chi connectivity index (χ1v) is 5.44. The second-order valence-corrected chi connectivity index (χ2v) is 4.13. The van der Waals surface area contributed by atoms with E-state index >= 15 is 0 Å². The average molecular weight is 221 g/mol. The normalized spacial score (nSPS) is 16.5. The van der Waals surface area contributed by atoms with Crippen LogP contribution in [0.1, 0.15) is 28.8 Å². The van der Waals surface area contributed by atoms with Crippen molar-refractivity contribution in [2.45, 2.75) is 19.4 Å². The van der Waals surface area contributed by atoms with Crippen LogP contribution in [0.4, 0.5) is 0 Å². The van der Waals surface area contributed by atoms with Gasteiger partial charge in [0.05, 0.1) is 5.56 Å². The number of carboxylic acid groups (broad SMARTS) is 1. The van der Waals surface area contributed by atoms with Crippen LogP contribution < -0.4 is 0 Å². The molecule has 0 aromatic heterocycles. The number of benzene rings is 1. The van der Waals surface area contributed by atoms with E-state index in [1.165, 1.54) is 25.0 Å². The van der Waals surface area contributed by atoms with Crippen LogP contribution in [0.25, 0.3) is 0 Å². The molecule has 1 aromatic carbocycles. The Morgan fingerprint density at radius 1 is 1.31 bits per heavy atom. The molecule has 0 amide bonds. The lowest BCUT2D eigenvalue weighted by molar-refractivity contribution is 0.0696. The lowest BCUT2D eigenvalue weighted by Crippen LogP contribution is -2.18. The zero-order chi connectivity index (χ0) is 11.5. The molecule has 1 aliphatic heterocycles. The van der Waals surface area contributed by atoms with Crippen molar-refractivity contribution >= 4 is 5.97 Å². The first-order chi connectivity index (χ1) is 7.66. The number of aromatic hydroxyl groups is 1. The number of aromatic carboxylic acids is 1. The van der Waals surface area contributed by atoms with Crippen LogP contribution in [0.3, 0.4) is 0 Å². The third-order valence-corrected chi connectivity index (χ3v) is 2.92. The van der Waals surface area contributed by atoms with Crippen molar-refractivity contribution < 1.29 is 15.0 Å². The van der Waals surface area contributed by atoms with Crippen LogP contribution in [-0.4, -0.2) is 34.2 Å². The van der Waals surface area contributed by atoms with Gasteiger partial charge in [0.1, 0.15) is 5.75 Å². The monoisotopic (exact) mass is 221 g/mol. The molecule has 2 N–H and O–H groups in total. The SMILES string of the molecule is O=C(O)c1ccc(O)c(CN2CCCC2)c1. The number of nitrogens with zero attached hydrogens (tertiary/aromatic N) is 1. The Balaban J connectivity index is 2.17. The number of phenols is 1. The summed E-state index contributed by atoms with van der Waals surface area (Å²) in [6.45, 7) is 2.68. The summed E-state index contributed by atoms with van der Waals surface area (Å²) >= 11 is 0. The van der Waals surface area contributed by atoms with Crippen molar-refractivity contribution in [3.63, 3.8) is 0 Å². The first-order valence-electron chi connectivity index (χ1n) is 5.44. The molecule has 86 valence electrons. The Hall–Kier alpha value is -1.55. The number of likely N-dealkylation sites (tertiary alicyclic amines) is 1. The maximum Gasteiger partial charge on any atom is 0.335 e. The molecule has 0 saturated carbocycles. The van der Waals surface area contributed by atoms with Gasteiger partial charge in [-0.1, -0.05) is 0 Å². The van der Waals surface area contributed by atoms with Gasteiger partial charge in [-0.2, -0.15) is 0 Å². The molecule has 1 fully saturated rings. The molecule has 0 spiro atoms. The first kappa shape index (κ1) is 11.0. The van der Waals surface area contributed by atoms with E-state index in [9.17, 15) is 9.90 Å². The van der Waals surface area contributed by atoms with Crippen molar-refractivity contribution in [1.29, 1.82) is 0 Å². The van der Waals surface area contributed by atoms with Crippen LogP contribution in [-0.2, 0) is 6.54 Å². The Kier molecular flexibility index (Phi) is 3.10. The number of phenolic OH excluding ortho intramolecular Hbond substituents is 1. The summed E-state index contributed by atoms with van der Waals surface area (Å²) in [4.78, 5) is 13.0. The number of rotatable bonds is 3. The fraction of sp³-hybridized carbons (Fsp3) is 0.417. The topological polar surface area (TPSA) is 60.8 Å². The van der Waals surface area contributed by atoms with E-state index in [-0.39, 0.29) is 11.3 Å². The highest BCUT2D eigenvalue weighted by Gasteiger charge is 2.15. The summed E-state index contributed by atoms with van der Waals surface area (Å²) in [5.41, 5.74) is 0.925. The highest BCUT2D eigenvalue weighted by molar-refractivity contribution is 5.88. The fourth-order valence-electron chi connectivity index (χ4n) is 2.03. The van der Waals surface area contributed by atoms with E-state index in [2.05, 4.69) is 4.90 Å². The van der Waals surface area contributed by atoms with Gasteiger partial charge in [-0.05, 0) is 44.1 Å². The fourth-order valence-corrected chi connectivity index (χ4v) is 2.03. The van der Waals surface area contributed by atoms with E-state index < -0.39 is 5.97 Å². The van der Waals surface area contributed by atoms with Gasteiger partial charge in [-0.15, -0.1) is 0 Å². The van der Waals surface area contributed by atoms with Gasteiger partial charge in [0, 0.05) is 12.1 Å². The molecule has 2 rings (SSSR count). The molecule has 0 aliphatic carbocycles. The van der Waals surface area contributed by atoms with Crippen molar-refractivity contribution in [1.82, 2.24) is 4.90 Å². The Morgan fingerprint density at radius 3 is 2.62 bits per heavy atom. The predicted molar refractivity (Wildman–Crippen MR) is 59.6 cm³/mol. The summed E-state index contributed by atoms with van der Waals surface area (Å²) < 4.78 is 0. The maximum atomic E-state index is 10.8. The number of hydrogen-bond acceptors (Lipinski definition) is 3. The highest BCUT2D eigenvalue weighted by atomic mass is 16.4. The lowest BCUT2D eigenvalue weighted by Gasteiger charge is -2.15. The molecule has 0 radical (unpaired) electrons. The Morgan fingerprint density at radius 2 is 2.00 bits per heavy atom. The maximum absolute atomic E-state index is 10.8. The molecular formula is C12H15NO3. The molecule has 0 bridgehead atoms. The molecule has 1 saturated heterocycles. The Labute approximate surface area is 94.1 Å². The molecule has 1 heterocycles. The summed E-state index contributed by atoms with van der Waals surface area (Å²) in [5, 5.41) is 18.5. The van der Waals surface area contributed by atoms with Crippen LogP contribution in [0.5, 0.6) is 5.75 Å². The minimum Gasteiger partial charge on any atom is -0.508 e. The van der Waals surface area contributed by atoms with Crippen LogP contribution >= 0.6 is 0 Å². The third-order valence-electron chi connectivity index (χ3n) is 2.92. The standard InChI is InChI=1S/C12H15NO3/c14-11-4-3-9(12(15)16)7-10(11)8-13-5-1-2-6-13/h3-4,7,14H,1-2,5-6,8H2,(H,15,16). The molecular weight excluding hydrogens is 206 g/mol. The van der Waals surface area contributed by atoms with Gasteiger partial charge in [0.25, 0.3) is 0 Å². The van der Waals surface area contributed by atoms with E-state index in [1.807, 2.05) is 0 Å². The van der Waals surface area contributed by atoms with Gasteiger partial charge in [-0.3, -0.25) is 4.90 Å². The van der Waals surface area contributed by atoms with E-state index in [4.69, 9.17) is 5.11 Å². The van der Waals surface area contributed by atoms with E-state index in [0.29, 0.717) is 12.1 Å². The van der Waals surface area contributed by atoms with Gasteiger partial charge >= 0.3 is 5.97 Å². The summed E-state index contributed by atoms with van der Waals surface area (Å²) in [6, 6.07) is 4.43. The second kappa shape index (κ2) is 4.53. The summed E-state index contributed by atoms with van der Waals surface area (Å²) in [6.07, 6.45) is 2.36. The molecule has 1 aromatic rings. The zero-order valence-corrected chi connectivity index (χ0v) is 9.02. The van der Waals surface area contributed by atoms with Crippen LogP contribution in [0.2, 0.25) is 0 Å². The van der Waals surface area contributed by atoms with Crippen molar-refractivity contribution in [2.75, 3.05) is 13.1 Å². The number of hydrogen-bond donors (Lipinski definition) is 2. The lowest BCUT2D eigenvalue weighted by atomic mass is 10.1. The highest BCUT2D eigenvalue weighted by Crippen LogP contribution is 2.22. The van der Waals surface area contributed by atoms with Gasteiger partial charge in [0.2, 0.25) is 0 Å². The van der Waals surface area contributed by atoms with E-state index in [0.717, 1.165) is 13.1 Å². The quantitative estimate of drug-likeness (QED) is 0.815.